The topological polar surface area (TPSA) is 63.2 Å². The fraction of sp³-hybridized carbons (Fsp3) is 0.562. The van der Waals surface area contributed by atoms with Crippen LogP contribution in [0, 0.1) is 5.92 Å². The van der Waals surface area contributed by atoms with Crippen LogP contribution in [0.25, 0.3) is 0 Å². The van der Waals surface area contributed by atoms with Crippen molar-refractivity contribution in [2.75, 3.05) is 6.26 Å². The molecular weight excluding hydrogens is 286 g/mol. The molecule has 21 heavy (non-hydrogen) atoms. The number of nitrogens with one attached hydrogen (secondary N) is 1. The number of benzene rings is 1. The molecule has 4 nitrogen and oxygen atoms in total. The molecule has 0 radical (unpaired) electrons. The van der Waals surface area contributed by atoms with Crippen LogP contribution in [0.15, 0.2) is 29.2 Å². The van der Waals surface area contributed by atoms with Crippen LogP contribution in [0.3, 0.4) is 0 Å². The van der Waals surface area contributed by atoms with Crippen LogP contribution in [0.5, 0.6) is 0 Å². The minimum absolute atomic E-state index is 0.0651. The summed E-state index contributed by atoms with van der Waals surface area (Å²) >= 11 is 0. The van der Waals surface area contributed by atoms with Gasteiger partial charge < -0.3 is 5.32 Å². The van der Waals surface area contributed by atoms with E-state index < -0.39 is 9.84 Å². The minimum Gasteiger partial charge on any atom is -0.352 e. The first kappa shape index (κ1) is 16.0. The van der Waals surface area contributed by atoms with Crippen molar-refractivity contribution in [1.82, 2.24) is 5.32 Å². The van der Waals surface area contributed by atoms with E-state index in [-0.39, 0.29) is 17.4 Å². The van der Waals surface area contributed by atoms with E-state index in [0.29, 0.717) is 17.2 Å². The molecule has 116 valence electrons. The summed E-state index contributed by atoms with van der Waals surface area (Å²) in [4.78, 5) is 12.2. The molecular formula is C16H23NO3S. The average Bonchev–Trinajstić information content (AvgIpc) is 2.63. The minimum atomic E-state index is -3.19. The molecule has 1 amide bonds. The van der Waals surface area contributed by atoms with Crippen molar-refractivity contribution in [3.05, 3.63) is 29.8 Å². The maximum atomic E-state index is 11.8. The van der Waals surface area contributed by atoms with Gasteiger partial charge in [-0.25, -0.2) is 8.42 Å². The smallest absolute Gasteiger partial charge is 0.221 e. The van der Waals surface area contributed by atoms with Gasteiger partial charge in [0.2, 0.25) is 5.91 Å². The summed E-state index contributed by atoms with van der Waals surface area (Å²) in [6, 6.07) is 7.03. The summed E-state index contributed by atoms with van der Waals surface area (Å²) in [5.74, 6) is 0.554. The van der Waals surface area contributed by atoms with Crippen molar-refractivity contribution in [1.29, 1.82) is 0 Å². The van der Waals surface area contributed by atoms with E-state index in [1.165, 1.54) is 6.26 Å². The zero-order valence-corrected chi connectivity index (χ0v) is 13.8. The fourth-order valence-corrected chi connectivity index (χ4v) is 3.67. The van der Waals surface area contributed by atoms with E-state index in [4.69, 9.17) is 0 Å². The van der Waals surface area contributed by atoms with Crippen molar-refractivity contribution in [3.63, 3.8) is 0 Å². The molecule has 1 aliphatic rings. The molecule has 2 rings (SSSR count). The Labute approximate surface area is 126 Å². The lowest BCUT2D eigenvalue weighted by molar-refractivity contribution is -0.119. The predicted molar refractivity (Wildman–Crippen MR) is 82.9 cm³/mol. The maximum absolute atomic E-state index is 11.8. The van der Waals surface area contributed by atoms with Crippen LogP contribution in [0.1, 0.15) is 39.2 Å². The van der Waals surface area contributed by atoms with Crippen molar-refractivity contribution in [2.45, 2.75) is 50.0 Å². The van der Waals surface area contributed by atoms with Crippen LogP contribution in [0.2, 0.25) is 0 Å². The molecule has 1 heterocycles. The van der Waals surface area contributed by atoms with Gasteiger partial charge in [-0.3, -0.25) is 4.79 Å². The molecule has 1 aliphatic heterocycles. The zero-order valence-electron chi connectivity index (χ0n) is 13.0. The van der Waals surface area contributed by atoms with Gasteiger partial charge in [0.25, 0.3) is 0 Å². The Bertz CT molecular complexity index is 634. The summed E-state index contributed by atoms with van der Waals surface area (Å²) in [5, 5.41) is 3.06. The van der Waals surface area contributed by atoms with Crippen LogP contribution in [0.4, 0.5) is 0 Å². The van der Waals surface area contributed by atoms with Gasteiger partial charge in [0.05, 0.1) is 4.90 Å². The summed E-state index contributed by atoms with van der Waals surface area (Å²) < 4.78 is 23.1. The summed E-state index contributed by atoms with van der Waals surface area (Å²) in [7, 11) is -3.19. The van der Waals surface area contributed by atoms with Crippen LogP contribution < -0.4 is 5.32 Å². The normalized spacial score (nSPS) is 26.1. The predicted octanol–water partition coefficient (Wildman–Crippen LogP) is 2.28. The van der Waals surface area contributed by atoms with Crippen molar-refractivity contribution >= 4 is 15.7 Å². The Balaban J connectivity index is 2.36. The van der Waals surface area contributed by atoms with Gasteiger partial charge >= 0.3 is 0 Å². The van der Waals surface area contributed by atoms with Gasteiger partial charge in [0.15, 0.2) is 9.84 Å². The summed E-state index contributed by atoms with van der Waals surface area (Å²) in [6.07, 6.45) is 2.56. The Morgan fingerprint density at radius 2 is 1.86 bits per heavy atom. The van der Waals surface area contributed by atoms with Crippen LogP contribution in [-0.4, -0.2) is 26.6 Å². The highest BCUT2D eigenvalue weighted by Gasteiger charge is 2.44. The molecule has 0 aliphatic carbocycles. The highest BCUT2D eigenvalue weighted by molar-refractivity contribution is 7.90. The van der Waals surface area contributed by atoms with E-state index in [2.05, 4.69) is 26.1 Å². The van der Waals surface area contributed by atoms with Gasteiger partial charge in [0.1, 0.15) is 0 Å². The van der Waals surface area contributed by atoms with E-state index in [0.717, 1.165) is 12.0 Å². The lowest BCUT2D eigenvalue weighted by atomic mass is 9.73. The van der Waals surface area contributed by atoms with Gasteiger partial charge in [-0.2, -0.15) is 0 Å². The van der Waals surface area contributed by atoms with Gasteiger partial charge in [-0.05, 0) is 30.0 Å². The molecule has 0 spiro atoms. The van der Waals surface area contributed by atoms with Gasteiger partial charge in [0, 0.05) is 24.1 Å². The first-order chi connectivity index (χ1) is 9.63. The Morgan fingerprint density at radius 3 is 2.33 bits per heavy atom. The number of sulfone groups is 1. The van der Waals surface area contributed by atoms with Gasteiger partial charge in [-0.1, -0.05) is 32.9 Å². The zero-order chi connectivity index (χ0) is 15.8. The molecule has 1 aromatic rings. The highest BCUT2D eigenvalue weighted by atomic mass is 32.2. The third-order valence-corrected chi connectivity index (χ3v) is 5.41. The molecule has 0 saturated carbocycles. The van der Waals surface area contributed by atoms with Crippen LogP contribution in [-0.2, 0) is 20.0 Å². The standard InChI is InChI=1S/C16H23NO3S/c1-11(2)9-14-16(3,10-15(18)17-14)12-5-7-13(8-6-12)21(4,19)20/h5-8,11,14H,9-10H2,1-4H3,(H,17,18). The van der Waals surface area contributed by atoms with E-state index in [1.54, 1.807) is 12.1 Å². The molecule has 1 saturated heterocycles. The number of hydrogen-bond donors (Lipinski definition) is 1. The SMILES string of the molecule is CC(C)CC1NC(=O)CC1(C)c1ccc(S(C)(=O)=O)cc1. The molecule has 1 aromatic carbocycles. The molecule has 2 unspecified atom stereocenters. The largest absolute Gasteiger partial charge is 0.352 e. The summed E-state index contributed by atoms with van der Waals surface area (Å²) in [5.41, 5.74) is 0.733. The summed E-state index contributed by atoms with van der Waals surface area (Å²) in [6.45, 7) is 6.35. The molecule has 0 aromatic heterocycles. The molecule has 0 bridgehead atoms. The molecule has 1 N–H and O–H groups in total. The highest BCUT2D eigenvalue weighted by Crippen LogP contribution is 2.38. The number of amides is 1. The lowest BCUT2D eigenvalue weighted by Crippen LogP contribution is -2.39. The third kappa shape index (κ3) is 3.28. The first-order valence-corrected chi connectivity index (χ1v) is 9.12. The van der Waals surface area contributed by atoms with E-state index in [1.807, 2.05) is 12.1 Å². The Kier molecular flexibility index (Phi) is 4.15. The molecule has 5 heteroatoms. The van der Waals surface area contributed by atoms with Crippen molar-refractivity contribution in [3.8, 4) is 0 Å². The first-order valence-electron chi connectivity index (χ1n) is 7.23. The van der Waals surface area contributed by atoms with E-state index in [9.17, 15) is 13.2 Å². The Morgan fingerprint density at radius 1 is 1.29 bits per heavy atom. The lowest BCUT2D eigenvalue weighted by Gasteiger charge is -2.32. The van der Waals surface area contributed by atoms with Crippen molar-refractivity contribution < 1.29 is 13.2 Å². The third-order valence-electron chi connectivity index (χ3n) is 4.28. The van der Waals surface area contributed by atoms with Crippen molar-refractivity contribution in [2.24, 2.45) is 5.92 Å². The molecule has 2 atom stereocenters. The molecule has 1 fully saturated rings. The quantitative estimate of drug-likeness (QED) is 0.928. The average molecular weight is 309 g/mol. The van der Waals surface area contributed by atoms with E-state index >= 15 is 0 Å². The fourth-order valence-electron chi connectivity index (χ4n) is 3.04. The number of rotatable bonds is 4. The number of carbonyl (C=O) groups excluding carboxylic acids is 1. The maximum Gasteiger partial charge on any atom is 0.221 e. The monoisotopic (exact) mass is 309 g/mol. The second kappa shape index (κ2) is 5.44. The second-order valence-electron chi connectivity index (χ2n) is 6.64. The number of carbonyl (C=O) groups is 1. The second-order valence-corrected chi connectivity index (χ2v) is 8.66. The number of hydrogen-bond acceptors (Lipinski definition) is 3. The van der Waals surface area contributed by atoms with Crippen LogP contribution >= 0.6 is 0 Å². The van der Waals surface area contributed by atoms with Gasteiger partial charge in [-0.15, -0.1) is 0 Å². The Hall–Kier alpha value is -1.36.